The van der Waals surface area contributed by atoms with E-state index in [0.717, 1.165) is 5.56 Å². The van der Waals surface area contributed by atoms with Gasteiger partial charge in [-0.2, -0.15) is 0 Å². The number of ether oxygens (including phenoxy) is 3. The third-order valence-corrected chi connectivity index (χ3v) is 4.31. The van der Waals surface area contributed by atoms with E-state index in [1.807, 2.05) is 6.07 Å². The van der Waals surface area contributed by atoms with E-state index in [1.54, 1.807) is 57.2 Å². The molecule has 0 saturated heterocycles. The molecule has 0 fully saturated rings. The predicted octanol–water partition coefficient (Wildman–Crippen LogP) is 4.45. The molecule has 2 aromatic carbocycles. The van der Waals surface area contributed by atoms with Gasteiger partial charge in [-0.25, -0.2) is 9.59 Å². The second kappa shape index (κ2) is 10.2. The molecule has 0 aromatic heterocycles. The van der Waals surface area contributed by atoms with E-state index in [-0.39, 0.29) is 13.0 Å². The Balaban J connectivity index is 2.14. The molecule has 1 atom stereocenters. The quantitative estimate of drug-likeness (QED) is 0.636. The molecule has 0 spiro atoms. The van der Waals surface area contributed by atoms with E-state index in [2.05, 4.69) is 5.32 Å². The minimum absolute atomic E-state index is 0.0671. The van der Waals surface area contributed by atoms with Crippen LogP contribution in [0.4, 0.5) is 4.79 Å². The van der Waals surface area contributed by atoms with Crippen LogP contribution < -0.4 is 14.8 Å². The minimum Gasteiger partial charge on any atom is -0.496 e. The van der Waals surface area contributed by atoms with Gasteiger partial charge in [-0.15, -0.1) is 0 Å². The summed E-state index contributed by atoms with van der Waals surface area (Å²) >= 11 is 6.12. The second-order valence-corrected chi connectivity index (χ2v) is 8.01. The van der Waals surface area contributed by atoms with Crippen molar-refractivity contribution in [3.05, 3.63) is 58.6 Å². The third-order valence-electron chi connectivity index (χ3n) is 3.99. The average Bonchev–Trinajstić information content (AvgIpc) is 2.65. The Morgan fingerprint density at radius 1 is 1.13 bits per heavy atom. The molecule has 0 aliphatic heterocycles. The molecule has 1 unspecified atom stereocenters. The Bertz CT molecular complexity index is 893. The van der Waals surface area contributed by atoms with Gasteiger partial charge in [-0.1, -0.05) is 29.8 Å². The van der Waals surface area contributed by atoms with Gasteiger partial charge >= 0.3 is 12.1 Å². The molecule has 0 bridgehead atoms. The number of carbonyl (C=O) groups excluding carboxylic acids is 1. The first-order chi connectivity index (χ1) is 14.1. The molecular formula is C22H26ClNO6. The van der Waals surface area contributed by atoms with Crippen molar-refractivity contribution in [1.82, 2.24) is 5.32 Å². The average molecular weight is 436 g/mol. The highest BCUT2D eigenvalue weighted by molar-refractivity contribution is 6.32. The molecule has 162 valence electrons. The SMILES string of the molecule is COc1ccc(CC(NC(=O)OC(C)(C)C)C(=O)O)cc1COc1ccccc1Cl. The number of carboxylic acids is 1. The first-order valence-corrected chi connectivity index (χ1v) is 9.72. The van der Waals surface area contributed by atoms with Crippen LogP contribution in [0.5, 0.6) is 11.5 Å². The number of amides is 1. The zero-order valence-corrected chi connectivity index (χ0v) is 18.2. The Morgan fingerprint density at radius 3 is 2.43 bits per heavy atom. The van der Waals surface area contributed by atoms with Crippen molar-refractivity contribution in [2.45, 2.75) is 45.4 Å². The maximum Gasteiger partial charge on any atom is 0.408 e. The van der Waals surface area contributed by atoms with Crippen LogP contribution in [0.15, 0.2) is 42.5 Å². The normalized spacial score (nSPS) is 12.0. The van der Waals surface area contributed by atoms with Crippen LogP contribution in [-0.4, -0.2) is 35.9 Å². The number of nitrogens with one attached hydrogen (secondary N) is 1. The maximum absolute atomic E-state index is 12.0. The molecule has 0 saturated carbocycles. The molecule has 0 heterocycles. The lowest BCUT2D eigenvalue weighted by molar-refractivity contribution is -0.139. The van der Waals surface area contributed by atoms with Gasteiger partial charge in [-0.3, -0.25) is 0 Å². The van der Waals surface area contributed by atoms with Crippen molar-refractivity contribution in [1.29, 1.82) is 0 Å². The standard InChI is InChI=1S/C22H26ClNO6/c1-22(2,3)30-21(27)24-17(20(25)26)12-14-9-10-18(28-4)15(11-14)13-29-19-8-6-5-7-16(19)23/h5-11,17H,12-13H2,1-4H3,(H,24,27)(H,25,26). The number of para-hydroxylation sites is 1. The van der Waals surface area contributed by atoms with Crippen LogP contribution in [0.3, 0.4) is 0 Å². The van der Waals surface area contributed by atoms with Crippen molar-refractivity contribution in [2.24, 2.45) is 0 Å². The van der Waals surface area contributed by atoms with Gasteiger partial charge in [0.1, 0.15) is 29.7 Å². The summed E-state index contributed by atoms with van der Waals surface area (Å²) in [5.41, 5.74) is 0.685. The summed E-state index contributed by atoms with van der Waals surface area (Å²) in [5.74, 6) is -0.0371. The summed E-state index contributed by atoms with van der Waals surface area (Å²) in [7, 11) is 1.54. The van der Waals surface area contributed by atoms with Gasteiger partial charge < -0.3 is 24.6 Å². The largest absolute Gasteiger partial charge is 0.496 e. The van der Waals surface area contributed by atoms with Gasteiger partial charge in [0.2, 0.25) is 0 Å². The van der Waals surface area contributed by atoms with Crippen LogP contribution in [0.25, 0.3) is 0 Å². The molecule has 2 rings (SSSR count). The van der Waals surface area contributed by atoms with Gasteiger partial charge in [0, 0.05) is 12.0 Å². The summed E-state index contributed by atoms with van der Waals surface area (Å²) in [4.78, 5) is 23.6. The van der Waals surface area contributed by atoms with Crippen LogP contribution in [0.2, 0.25) is 5.02 Å². The predicted molar refractivity (Wildman–Crippen MR) is 113 cm³/mol. The molecular weight excluding hydrogens is 410 g/mol. The number of benzene rings is 2. The molecule has 8 heteroatoms. The van der Waals surface area contributed by atoms with E-state index in [1.165, 1.54) is 7.11 Å². The highest BCUT2D eigenvalue weighted by Gasteiger charge is 2.24. The monoisotopic (exact) mass is 435 g/mol. The van der Waals surface area contributed by atoms with Gasteiger partial charge in [0.15, 0.2) is 0 Å². The highest BCUT2D eigenvalue weighted by atomic mass is 35.5. The molecule has 0 radical (unpaired) electrons. The first-order valence-electron chi connectivity index (χ1n) is 9.34. The second-order valence-electron chi connectivity index (χ2n) is 7.61. The summed E-state index contributed by atoms with van der Waals surface area (Å²) in [6.07, 6.45) is -0.719. The van der Waals surface area contributed by atoms with Crippen molar-refractivity contribution in [2.75, 3.05) is 7.11 Å². The number of methoxy groups -OCH3 is 1. The molecule has 30 heavy (non-hydrogen) atoms. The summed E-state index contributed by atoms with van der Waals surface area (Å²) in [6.45, 7) is 5.29. The summed E-state index contributed by atoms with van der Waals surface area (Å²) < 4.78 is 16.3. The number of halogens is 1. The Kier molecular flexibility index (Phi) is 7.94. The van der Waals surface area contributed by atoms with Crippen molar-refractivity contribution in [3.8, 4) is 11.5 Å². The first kappa shape index (κ1) is 23.3. The molecule has 2 aromatic rings. The van der Waals surface area contributed by atoms with Crippen LogP contribution >= 0.6 is 11.6 Å². The number of carboxylic acid groups (broad SMARTS) is 1. The van der Waals surface area contributed by atoms with E-state index in [9.17, 15) is 14.7 Å². The lowest BCUT2D eigenvalue weighted by Crippen LogP contribution is -2.44. The number of alkyl carbamates (subject to hydrolysis) is 1. The van der Waals surface area contributed by atoms with E-state index in [0.29, 0.717) is 22.1 Å². The van der Waals surface area contributed by atoms with E-state index < -0.39 is 23.7 Å². The molecule has 0 aliphatic carbocycles. The molecule has 2 N–H and O–H groups in total. The van der Waals surface area contributed by atoms with Crippen molar-refractivity contribution >= 4 is 23.7 Å². The summed E-state index contributed by atoms with van der Waals surface area (Å²) in [5, 5.41) is 12.4. The van der Waals surface area contributed by atoms with Crippen LogP contribution in [0.1, 0.15) is 31.9 Å². The third kappa shape index (κ3) is 7.15. The number of rotatable bonds is 8. The topological polar surface area (TPSA) is 94.1 Å². The summed E-state index contributed by atoms with van der Waals surface area (Å²) in [6, 6.07) is 11.2. The minimum atomic E-state index is -1.16. The van der Waals surface area contributed by atoms with Gasteiger partial charge in [0.25, 0.3) is 0 Å². The van der Waals surface area contributed by atoms with E-state index in [4.69, 9.17) is 25.8 Å². The zero-order valence-electron chi connectivity index (χ0n) is 17.4. The molecule has 0 aliphatic rings. The number of hydrogen-bond acceptors (Lipinski definition) is 5. The Hall–Kier alpha value is -2.93. The fraction of sp³-hybridized carbons (Fsp3) is 0.364. The lowest BCUT2D eigenvalue weighted by Gasteiger charge is -2.22. The number of hydrogen-bond donors (Lipinski definition) is 2. The number of aliphatic carboxylic acids is 1. The zero-order chi connectivity index (χ0) is 22.3. The van der Waals surface area contributed by atoms with Crippen LogP contribution in [-0.2, 0) is 22.6 Å². The van der Waals surface area contributed by atoms with Gasteiger partial charge in [-0.05, 0) is 50.6 Å². The molecule has 1 amide bonds. The Labute approximate surface area is 180 Å². The van der Waals surface area contributed by atoms with E-state index >= 15 is 0 Å². The number of carbonyl (C=O) groups is 2. The fourth-order valence-corrected chi connectivity index (χ4v) is 2.86. The molecule has 7 nitrogen and oxygen atoms in total. The van der Waals surface area contributed by atoms with Crippen molar-refractivity contribution in [3.63, 3.8) is 0 Å². The Morgan fingerprint density at radius 2 is 1.83 bits per heavy atom. The smallest absolute Gasteiger partial charge is 0.408 e. The fourth-order valence-electron chi connectivity index (χ4n) is 2.67. The van der Waals surface area contributed by atoms with Gasteiger partial charge in [0.05, 0.1) is 12.1 Å². The maximum atomic E-state index is 12.0. The van der Waals surface area contributed by atoms with Crippen molar-refractivity contribution < 1.29 is 28.9 Å². The van der Waals surface area contributed by atoms with Crippen LogP contribution in [0, 0.1) is 0 Å². The lowest BCUT2D eigenvalue weighted by atomic mass is 10.0. The highest BCUT2D eigenvalue weighted by Crippen LogP contribution is 2.27.